The SMILES string of the molecule is COc1cccc(N2C(=O)[C@@H]3C(Cc4c[nH]c5ccccc45)NC4(C(=O)Nc5c(Cl)cccc54)[C@@H]3C2=O)c1. The Morgan fingerprint density at radius 1 is 1.00 bits per heavy atom. The number of nitrogens with zero attached hydrogens (tertiary/aromatic N) is 1. The molecule has 3 amide bonds. The van der Waals surface area contributed by atoms with Crippen LogP contribution in [0.2, 0.25) is 5.02 Å². The highest BCUT2D eigenvalue weighted by Crippen LogP contribution is 2.55. The highest BCUT2D eigenvalue weighted by atomic mass is 35.5. The number of fused-ring (bicyclic) bond motifs is 5. The van der Waals surface area contributed by atoms with E-state index in [1.807, 2.05) is 30.5 Å². The molecule has 0 aliphatic carbocycles. The number of carbonyl (C=O) groups is 3. The second-order valence-electron chi connectivity index (χ2n) is 9.96. The Kier molecular flexibility index (Phi) is 4.95. The van der Waals surface area contributed by atoms with Gasteiger partial charge in [-0.15, -0.1) is 0 Å². The molecule has 8 nitrogen and oxygen atoms in total. The van der Waals surface area contributed by atoms with Gasteiger partial charge in [0.2, 0.25) is 17.7 Å². The van der Waals surface area contributed by atoms with Gasteiger partial charge in [0, 0.05) is 34.8 Å². The van der Waals surface area contributed by atoms with Crippen LogP contribution in [0.5, 0.6) is 5.75 Å². The molecular formula is C29H23ClN4O4. The molecule has 4 aromatic rings. The molecule has 1 aromatic heterocycles. The molecule has 3 aliphatic heterocycles. The molecule has 0 saturated carbocycles. The summed E-state index contributed by atoms with van der Waals surface area (Å²) >= 11 is 6.46. The molecular weight excluding hydrogens is 504 g/mol. The lowest BCUT2D eigenvalue weighted by Gasteiger charge is -2.29. The molecule has 1 spiro atoms. The number of imide groups is 1. The summed E-state index contributed by atoms with van der Waals surface area (Å²) in [6.07, 6.45) is 2.37. The molecule has 2 saturated heterocycles. The monoisotopic (exact) mass is 526 g/mol. The zero-order chi connectivity index (χ0) is 26.2. The number of carbonyl (C=O) groups excluding carboxylic acids is 3. The summed E-state index contributed by atoms with van der Waals surface area (Å²) < 4.78 is 5.34. The van der Waals surface area contributed by atoms with Gasteiger partial charge in [-0.3, -0.25) is 19.7 Å². The van der Waals surface area contributed by atoms with Crippen LogP contribution in [0.3, 0.4) is 0 Å². The van der Waals surface area contributed by atoms with E-state index in [0.29, 0.717) is 34.1 Å². The van der Waals surface area contributed by atoms with Crippen molar-refractivity contribution in [2.45, 2.75) is 18.0 Å². The number of hydrogen-bond donors (Lipinski definition) is 3. The maximum atomic E-state index is 14.2. The Bertz CT molecular complexity index is 1670. The minimum Gasteiger partial charge on any atom is -0.497 e. The van der Waals surface area contributed by atoms with Crippen molar-refractivity contribution in [3.63, 3.8) is 0 Å². The molecule has 190 valence electrons. The molecule has 0 radical (unpaired) electrons. The van der Waals surface area contributed by atoms with Gasteiger partial charge < -0.3 is 15.0 Å². The number of amides is 3. The topological polar surface area (TPSA) is 104 Å². The highest BCUT2D eigenvalue weighted by molar-refractivity contribution is 6.35. The van der Waals surface area contributed by atoms with Crippen LogP contribution in [0, 0.1) is 11.8 Å². The Morgan fingerprint density at radius 3 is 2.66 bits per heavy atom. The van der Waals surface area contributed by atoms with E-state index >= 15 is 0 Å². The van der Waals surface area contributed by atoms with Crippen LogP contribution in [0.25, 0.3) is 10.9 Å². The first-order valence-corrected chi connectivity index (χ1v) is 12.8. The zero-order valence-electron chi connectivity index (χ0n) is 20.3. The lowest BCUT2D eigenvalue weighted by molar-refractivity contribution is -0.130. The number of benzene rings is 3. The predicted molar refractivity (Wildman–Crippen MR) is 143 cm³/mol. The average Bonchev–Trinajstić information content (AvgIpc) is 3.64. The van der Waals surface area contributed by atoms with Gasteiger partial charge in [-0.2, -0.15) is 0 Å². The largest absolute Gasteiger partial charge is 0.497 e. The molecule has 9 heteroatoms. The fourth-order valence-corrected chi connectivity index (χ4v) is 6.73. The number of ether oxygens (including phenoxy) is 1. The summed E-state index contributed by atoms with van der Waals surface area (Å²) in [7, 11) is 1.53. The molecule has 3 aromatic carbocycles. The fourth-order valence-electron chi connectivity index (χ4n) is 6.51. The normalized spacial score (nSPS) is 25.8. The molecule has 4 heterocycles. The Morgan fingerprint density at radius 2 is 1.82 bits per heavy atom. The number of nitrogens with one attached hydrogen (secondary N) is 3. The van der Waals surface area contributed by atoms with Crippen molar-refractivity contribution in [1.29, 1.82) is 0 Å². The van der Waals surface area contributed by atoms with Gasteiger partial charge in [0.05, 0.1) is 35.3 Å². The number of halogens is 1. The first kappa shape index (κ1) is 23.0. The standard InChI is InChI=1S/C29H23ClN4O4/c1-38-17-7-4-6-16(13-17)34-26(35)23-22(12-15-14-31-21-11-3-2-8-18(15)21)33-29(24(23)27(34)36)19-9-5-10-20(30)25(19)32-28(29)37/h2-11,13-14,22-24,31,33H,12H2,1H3,(H,32,37)/t22?,23-,24+,29?/m1/s1. The summed E-state index contributed by atoms with van der Waals surface area (Å²) in [5.41, 5.74) is 2.02. The average molecular weight is 527 g/mol. The Hall–Kier alpha value is -4.14. The molecule has 4 atom stereocenters. The second kappa shape index (κ2) is 8.18. The van der Waals surface area contributed by atoms with E-state index in [1.54, 1.807) is 42.5 Å². The van der Waals surface area contributed by atoms with Gasteiger partial charge in [-0.05, 0) is 36.2 Å². The first-order chi connectivity index (χ1) is 18.4. The third kappa shape index (κ3) is 2.98. The van der Waals surface area contributed by atoms with E-state index in [2.05, 4.69) is 15.6 Å². The van der Waals surface area contributed by atoms with Gasteiger partial charge in [-0.25, -0.2) is 4.90 Å². The number of para-hydroxylation sites is 2. The Balaban J connectivity index is 1.38. The van der Waals surface area contributed by atoms with Gasteiger partial charge in [-0.1, -0.05) is 48.0 Å². The molecule has 2 fully saturated rings. The van der Waals surface area contributed by atoms with E-state index in [9.17, 15) is 14.4 Å². The Labute approximate surface area is 222 Å². The van der Waals surface area contributed by atoms with Crippen molar-refractivity contribution >= 4 is 51.6 Å². The maximum absolute atomic E-state index is 14.2. The molecule has 3 aliphatic rings. The quantitative estimate of drug-likeness (QED) is 0.349. The predicted octanol–water partition coefficient (Wildman–Crippen LogP) is 4.00. The minimum absolute atomic E-state index is 0.342. The van der Waals surface area contributed by atoms with Crippen LogP contribution in [-0.4, -0.2) is 35.9 Å². The second-order valence-corrected chi connectivity index (χ2v) is 10.4. The van der Waals surface area contributed by atoms with Crippen LogP contribution in [0.15, 0.2) is 72.9 Å². The fraction of sp³-hybridized carbons (Fsp3) is 0.207. The summed E-state index contributed by atoms with van der Waals surface area (Å²) in [6, 6.07) is 19.5. The van der Waals surface area contributed by atoms with Gasteiger partial charge >= 0.3 is 0 Å². The van der Waals surface area contributed by atoms with E-state index in [-0.39, 0.29) is 11.8 Å². The first-order valence-electron chi connectivity index (χ1n) is 12.4. The van der Waals surface area contributed by atoms with E-state index in [1.165, 1.54) is 12.0 Å². The van der Waals surface area contributed by atoms with Gasteiger partial charge in [0.1, 0.15) is 11.3 Å². The maximum Gasteiger partial charge on any atom is 0.250 e. The summed E-state index contributed by atoms with van der Waals surface area (Å²) in [5.74, 6) is -2.34. The highest BCUT2D eigenvalue weighted by Gasteiger charge is 2.70. The van der Waals surface area contributed by atoms with Crippen LogP contribution >= 0.6 is 11.6 Å². The number of aromatic nitrogens is 1. The molecule has 7 rings (SSSR count). The smallest absolute Gasteiger partial charge is 0.250 e. The van der Waals surface area contributed by atoms with Crippen molar-refractivity contribution in [3.05, 3.63) is 89.1 Å². The van der Waals surface area contributed by atoms with Crippen LogP contribution < -0.4 is 20.3 Å². The van der Waals surface area contributed by atoms with Crippen molar-refractivity contribution in [2.24, 2.45) is 11.8 Å². The number of methoxy groups -OCH3 is 1. The van der Waals surface area contributed by atoms with Crippen LogP contribution in [0.1, 0.15) is 11.1 Å². The van der Waals surface area contributed by atoms with E-state index < -0.39 is 29.3 Å². The number of rotatable bonds is 4. The molecule has 3 N–H and O–H groups in total. The lowest BCUT2D eigenvalue weighted by Crippen LogP contribution is -2.53. The van der Waals surface area contributed by atoms with Gasteiger partial charge in [0.25, 0.3) is 0 Å². The number of anilines is 2. The summed E-state index contributed by atoms with van der Waals surface area (Å²) in [6.45, 7) is 0. The lowest BCUT2D eigenvalue weighted by atomic mass is 9.76. The molecule has 38 heavy (non-hydrogen) atoms. The third-order valence-corrected chi connectivity index (χ3v) is 8.44. The van der Waals surface area contributed by atoms with E-state index in [4.69, 9.17) is 16.3 Å². The minimum atomic E-state index is -1.43. The van der Waals surface area contributed by atoms with E-state index in [0.717, 1.165) is 16.5 Å². The zero-order valence-corrected chi connectivity index (χ0v) is 21.1. The van der Waals surface area contributed by atoms with Crippen molar-refractivity contribution in [2.75, 3.05) is 17.3 Å². The van der Waals surface area contributed by atoms with Gasteiger partial charge in [0.15, 0.2) is 0 Å². The van der Waals surface area contributed by atoms with Crippen molar-refractivity contribution < 1.29 is 19.1 Å². The van der Waals surface area contributed by atoms with Crippen LogP contribution in [-0.2, 0) is 26.3 Å². The summed E-state index contributed by atoms with van der Waals surface area (Å²) in [5, 5.41) is 7.79. The molecule has 0 bridgehead atoms. The van der Waals surface area contributed by atoms with Crippen molar-refractivity contribution in [1.82, 2.24) is 10.3 Å². The third-order valence-electron chi connectivity index (χ3n) is 8.13. The molecule has 2 unspecified atom stereocenters. The van der Waals surface area contributed by atoms with Crippen LogP contribution in [0.4, 0.5) is 11.4 Å². The number of H-pyrrole nitrogens is 1. The number of hydrogen-bond acceptors (Lipinski definition) is 5. The summed E-state index contributed by atoms with van der Waals surface area (Å²) in [4.78, 5) is 46.5. The number of aromatic amines is 1. The van der Waals surface area contributed by atoms with Crippen molar-refractivity contribution in [3.8, 4) is 5.75 Å².